The van der Waals surface area contributed by atoms with Gasteiger partial charge in [-0.3, -0.25) is 4.79 Å². The van der Waals surface area contributed by atoms with Gasteiger partial charge in [0.25, 0.3) is 0 Å². The normalized spacial score (nSPS) is 27.4. The highest BCUT2D eigenvalue weighted by Gasteiger charge is 2.44. The Hall–Kier alpha value is -2.00. The Morgan fingerprint density at radius 2 is 1.70 bits per heavy atom. The highest BCUT2D eigenvalue weighted by Crippen LogP contribution is 2.34. The molecule has 2 fully saturated rings. The first kappa shape index (κ1) is 24.1. The number of amides is 1. The molecule has 0 aromatic heterocycles. The summed E-state index contributed by atoms with van der Waals surface area (Å²) in [4.78, 5) is 13.8. The molecule has 4 N–H and O–H groups in total. The number of hydrogen-bond acceptors (Lipinski definition) is 6. The maximum Gasteiger partial charge on any atom is 0.219 e. The van der Waals surface area contributed by atoms with Crippen LogP contribution in [0.5, 0.6) is 0 Å². The van der Waals surface area contributed by atoms with Crippen molar-refractivity contribution in [3.63, 3.8) is 0 Å². The minimum absolute atomic E-state index is 0.0957. The lowest BCUT2D eigenvalue weighted by atomic mass is 9.90. The number of rotatable bonds is 7. The monoisotopic (exact) mass is 475 g/mol. The quantitative estimate of drug-likeness (QED) is 0.487. The zero-order valence-corrected chi connectivity index (χ0v) is 19.2. The second-order valence-corrected chi connectivity index (χ2v) is 9.38. The summed E-state index contributed by atoms with van der Waals surface area (Å²) in [5.41, 5.74) is 3.53. The number of aliphatic hydroxyl groups excluding tert-OH is 4. The number of nitrogens with zero attached hydrogens (tertiary/aromatic N) is 1. The number of hydrogen-bond donors (Lipinski definition) is 4. The van der Waals surface area contributed by atoms with Crippen molar-refractivity contribution < 1.29 is 30.0 Å². The van der Waals surface area contributed by atoms with Crippen LogP contribution in [0.15, 0.2) is 42.5 Å². The molecule has 8 heteroatoms. The van der Waals surface area contributed by atoms with Crippen LogP contribution in [0.1, 0.15) is 48.1 Å². The summed E-state index contributed by atoms with van der Waals surface area (Å²) in [5, 5.41) is 40.6. The fourth-order valence-electron chi connectivity index (χ4n) is 4.35. The van der Waals surface area contributed by atoms with Crippen LogP contribution in [-0.2, 0) is 22.5 Å². The van der Waals surface area contributed by atoms with E-state index >= 15 is 0 Å². The molecule has 1 aliphatic heterocycles. The van der Waals surface area contributed by atoms with Crippen molar-refractivity contribution in [2.24, 2.45) is 0 Å². The van der Waals surface area contributed by atoms with Gasteiger partial charge in [-0.2, -0.15) is 0 Å². The number of halogens is 1. The summed E-state index contributed by atoms with van der Waals surface area (Å²) in [7, 11) is 0. The molecule has 5 atom stereocenters. The number of carbonyl (C=O) groups excluding carboxylic acids is 1. The van der Waals surface area contributed by atoms with E-state index in [0.29, 0.717) is 29.6 Å². The van der Waals surface area contributed by atoms with Crippen LogP contribution >= 0.6 is 11.6 Å². The zero-order valence-electron chi connectivity index (χ0n) is 18.5. The van der Waals surface area contributed by atoms with Gasteiger partial charge >= 0.3 is 0 Å². The van der Waals surface area contributed by atoms with Gasteiger partial charge < -0.3 is 30.1 Å². The first-order valence-electron chi connectivity index (χ1n) is 11.2. The SMILES string of the molecule is CC(=O)N(Cc1ccc(Cc2cc(C3OC(CO)C(O)C(O)C3O)ccc2Cl)cc1)C1CC1. The van der Waals surface area contributed by atoms with Gasteiger partial charge in [0.2, 0.25) is 5.91 Å². The van der Waals surface area contributed by atoms with Gasteiger partial charge in [-0.25, -0.2) is 0 Å². The molecular weight excluding hydrogens is 446 g/mol. The van der Waals surface area contributed by atoms with Crippen LogP contribution in [0.25, 0.3) is 0 Å². The molecule has 0 radical (unpaired) electrons. The first-order valence-corrected chi connectivity index (χ1v) is 11.6. The third-order valence-electron chi connectivity index (χ3n) is 6.45. The van der Waals surface area contributed by atoms with E-state index in [9.17, 15) is 25.2 Å². The van der Waals surface area contributed by atoms with Crippen LogP contribution in [-0.4, -0.2) is 68.3 Å². The van der Waals surface area contributed by atoms with Crippen LogP contribution in [0.2, 0.25) is 5.02 Å². The summed E-state index contributed by atoms with van der Waals surface area (Å²) in [6, 6.07) is 13.7. The molecule has 178 valence electrons. The van der Waals surface area contributed by atoms with Crippen molar-refractivity contribution >= 4 is 17.5 Å². The molecule has 2 aromatic carbocycles. The molecule has 4 rings (SSSR count). The number of carbonyl (C=O) groups is 1. The molecule has 1 aliphatic carbocycles. The maximum absolute atomic E-state index is 11.9. The molecule has 0 spiro atoms. The van der Waals surface area contributed by atoms with E-state index in [2.05, 4.69) is 0 Å². The Kier molecular flexibility index (Phi) is 7.38. The van der Waals surface area contributed by atoms with E-state index in [0.717, 1.165) is 29.5 Å². The second kappa shape index (κ2) is 10.1. The van der Waals surface area contributed by atoms with E-state index in [1.54, 1.807) is 19.1 Å². The third-order valence-corrected chi connectivity index (χ3v) is 6.82. The molecule has 1 saturated carbocycles. The Labute approximate surface area is 198 Å². The standard InChI is InChI=1S/C25H30ClNO6/c1-14(29)27(19-7-8-19)12-16-4-2-15(3-5-16)10-18-11-17(6-9-20(18)26)25-24(32)23(31)22(30)21(13-28)33-25/h2-6,9,11,19,21-25,28,30-32H,7-8,10,12-13H2,1H3. The average molecular weight is 476 g/mol. The van der Waals surface area contributed by atoms with Gasteiger partial charge in [-0.1, -0.05) is 48.0 Å². The predicted molar refractivity (Wildman–Crippen MR) is 123 cm³/mol. The highest BCUT2D eigenvalue weighted by atomic mass is 35.5. The largest absolute Gasteiger partial charge is 0.394 e. The minimum Gasteiger partial charge on any atom is -0.394 e. The predicted octanol–water partition coefficient (Wildman–Crippen LogP) is 1.96. The Morgan fingerprint density at radius 3 is 2.30 bits per heavy atom. The van der Waals surface area contributed by atoms with Crippen molar-refractivity contribution in [1.29, 1.82) is 0 Å². The van der Waals surface area contributed by atoms with Crippen LogP contribution < -0.4 is 0 Å². The van der Waals surface area contributed by atoms with Gasteiger partial charge in [0.15, 0.2) is 0 Å². The maximum atomic E-state index is 11.9. The second-order valence-electron chi connectivity index (χ2n) is 8.97. The fraction of sp³-hybridized carbons (Fsp3) is 0.480. The fourth-order valence-corrected chi connectivity index (χ4v) is 4.53. The van der Waals surface area contributed by atoms with Crippen molar-refractivity contribution in [1.82, 2.24) is 4.90 Å². The van der Waals surface area contributed by atoms with Crippen molar-refractivity contribution in [2.45, 2.75) is 69.3 Å². The van der Waals surface area contributed by atoms with E-state index in [-0.39, 0.29) is 5.91 Å². The van der Waals surface area contributed by atoms with Crippen LogP contribution in [0.3, 0.4) is 0 Å². The molecular formula is C25H30ClNO6. The Balaban J connectivity index is 1.48. The Morgan fingerprint density at radius 1 is 1.03 bits per heavy atom. The number of ether oxygens (including phenoxy) is 1. The first-order chi connectivity index (χ1) is 15.8. The van der Waals surface area contributed by atoms with E-state index in [4.69, 9.17) is 16.3 Å². The molecule has 33 heavy (non-hydrogen) atoms. The summed E-state index contributed by atoms with van der Waals surface area (Å²) in [5.74, 6) is 0.0957. The van der Waals surface area contributed by atoms with Gasteiger partial charge in [0, 0.05) is 24.5 Å². The highest BCUT2D eigenvalue weighted by molar-refractivity contribution is 6.31. The smallest absolute Gasteiger partial charge is 0.219 e. The average Bonchev–Trinajstić information content (AvgIpc) is 3.64. The zero-order chi connectivity index (χ0) is 23.7. The van der Waals surface area contributed by atoms with Crippen molar-refractivity contribution in [2.75, 3.05) is 6.61 Å². The van der Waals surface area contributed by atoms with Crippen LogP contribution in [0.4, 0.5) is 0 Å². The molecule has 5 unspecified atom stereocenters. The van der Waals surface area contributed by atoms with Gasteiger partial charge in [-0.05, 0) is 47.6 Å². The van der Waals surface area contributed by atoms with Crippen LogP contribution in [0, 0.1) is 0 Å². The van der Waals surface area contributed by atoms with E-state index in [1.165, 1.54) is 0 Å². The van der Waals surface area contributed by atoms with E-state index in [1.807, 2.05) is 35.2 Å². The molecule has 1 heterocycles. The van der Waals surface area contributed by atoms with Crippen molar-refractivity contribution in [3.8, 4) is 0 Å². The summed E-state index contributed by atoms with van der Waals surface area (Å²) in [6.45, 7) is 1.74. The Bertz CT molecular complexity index is 977. The molecule has 1 saturated heterocycles. The summed E-state index contributed by atoms with van der Waals surface area (Å²) < 4.78 is 5.67. The lowest BCUT2D eigenvalue weighted by molar-refractivity contribution is -0.231. The molecule has 2 aromatic rings. The lowest BCUT2D eigenvalue weighted by Gasteiger charge is -2.40. The van der Waals surface area contributed by atoms with E-state index < -0.39 is 37.1 Å². The van der Waals surface area contributed by atoms with Gasteiger partial charge in [-0.15, -0.1) is 0 Å². The third kappa shape index (κ3) is 5.40. The van der Waals surface area contributed by atoms with Crippen molar-refractivity contribution in [3.05, 3.63) is 69.7 Å². The minimum atomic E-state index is -1.43. The summed E-state index contributed by atoms with van der Waals surface area (Å²) >= 11 is 6.43. The molecule has 2 aliphatic rings. The molecule has 7 nitrogen and oxygen atoms in total. The van der Waals surface area contributed by atoms with Gasteiger partial charge in [0.1, 0.15) is 30.5 Å². The molecule has 0 bridgehead atoms. The van der Waals surface area contributed by atoms with Gasteiger partial charge in [0.05, 0.1) is 6.61 Å². The number of aliphatic hydroxyl groups is 4. The topological polar surface area (TPSA) is 110 Å². The lowest BCUT2D eigenvalue weighted by Crippen LogP contribution is -2.55. The number of benzene rings is 2. The molecule has 1 amide bonds. The summed E-state index contributed by atoms with van der Waals surface area (Å²) in [6.07, 6.45) is -3.36.